The van der Waals surface area contributed by atoms with Gasteiger partial charge in [-0.3, -0.25) is 0 Å². The third-order valence-corrected chi connectivity index (χ3v) is 4.09. The summed E-state index contributed by atoms with van der Waals surface area (Å²) in [7, 11) is 1.60. The number of ether oxygens (including phenoxy) is 2. The lowest BCUT2D eigenvalue weighted by atomic mass is 9.86. The van der Waals surface area contributed by atoms with Gasteiger partial charge in [-0.25, -0.2) is 4.79 Å². The van der Waals surface area contributed by atoms with E-state index in [9.17, 15) is 9.90 Å². The highest BCUT2D eigenvalue weighted by molar-refractivity contribution is 5.92. The average molecular weight is 340 g/mol. The number of benzene rings is 2. The number of aliphatic hydroxyl groups excluding tert-OH is 1. The van der Waals surface area contributed by atoms with E-state index >= 15 is 0 Å². The van der Waals surface area contributed by atoms with Crippen molar-refractivity contribution in [2.75, 3.05) is 13.7 Å². The van der Waals surface area contributed by atoms with Crippen molar-refractivity contribution in [3.05, 3.63) is 71.8 Å². The highest BCUT2D eigenvalue weighted by Crippen LogP contribution is 2.34. The summed E-state index contributed by atoms with van der Waals surface area (Å²) in [5.41, 5.74) is 2.37. The summed E-state index contributed by atoms with van der Waals surface area (Å²) in [6.07, 6.45) is 0.728. The molecular weight excluding hydrogens is 316 g/mol. The minimum absolute atomic E-state index is 0.291. The second-order valence-corrected chi connectivity index (χ2v) is 5.72. The van der Waals surface area contributed by atoms with Crippen LogP contribution in [-0.2, 0) is 9.53 Å². The summed E-state index contributed by atoms with van der Waals surface area (Å²) in [6, 6.07) is 16.8. The first kappa shape index (κ1) is 18.7. The standard InChI is InChI=1S/C21H24O4/c1-4-25-20(22)14-19(16-10-12-18(24-3)13-11-16)15(2)21(23)17-8-6-5-7-9-17/h5-15,21,23H,4H2,1-3H3/b19-14-/t15-,21+/m0/s1. The molecule has 0 amide bonds. The van der Waals surface area contributed by atoms with Crippen molar-refractivity contribution in [3.8, 4) is 5.75 Å². The Labute approximate surface area is 148 Å². The molecule has 0 unspecified atom stereocenters. The Morgan fingerprint density at radius 1 is 1.12 bits per heavy atom. The van der Waals surface area contributed by atoms with Crippen molar-refractivity contribution >= 4 is 11.5 Å². The van der Waals surface area contributed by atoms with Crippen molar-refractivity contribution < 1.29 is 19.4 Å². The van der Waals surface area contributed by atoms with Gasteiger partial charge in [-0.15, -0.1) is 0 Å². The van der Waals surface area contributed by atoms with E-state index in [1.807, 2.05) is 61.5 Å². The first-order valence-electron chi connectivity index (χ1n) is 8.32. The number of aliphatic hydroxyl groups is 1. The number of hydrogen-bond donors (Lipinski definition) is 1. The normalized spacial score (nSPS) is 13.8. The van der Waals surface area contributed by atoms with E-state index in [4.69, 9.17) is 9.47 Å². The first-order chi connectivity index (χ1) is 12.1. The van der Waals surface area contributed by atoms with Crippen LogP contribution in [0.15, 0.2) is 60.7 Å². The fraction of sp³-hybridized carbons (Fsp3) is 0.286. The lowest BCUT2D eigenvalue weighted by Crippen LogP contribution is -2.13. The zero-order valence-corrected chi connectivity index (χ0v) is 14.8. The molecule has 2 aromatic carbocycles. The van der Waals surface area contributed by atoms with Gasteiger partial charge in [0.15, 0.2) is 0 Å². The fourth-order valence-electron chi connectivity index (χ4n) is 2.68. The Morgan fingerprint density at radius 3 is 2.32 bits per heavy atom. The van der Waals surface area contributed by atoms with Crippen LogP contribution in [-0.4, -0.2) is 24.8 Å². The third-order valence-electron chi connectivity index (χ3n) is 4.09. The van der Waals surface area contributed by atoms with Crippen LogP contribution in [0.5, 0.6) is 5.75 Å². The molecule has 1 N–H and O–H groups in total. The molecule has 0 aliphatic carbocycles. The second kappa shape index (κ2) is 9.04. The second-order valence-electron chi connectivity index (χ2n) is 5.72. The Kier molecular flexibility index (Phi) is 6.78. The van der Waals surface area contributed by atoms with Crippen LogP contribution < -0.4 is 4.74 Å². The predicted octanol–water partition coefficient (Wildman–Crippen LogP) is 4.01. The number of carbonyl (C=O) groups is 1. The Bertz CT molecular complexity index is 704. The molecule has 0 fully saturated rings. The molecule has 0 spiro atoms. The van der Waals surface area contributed by atoms with Crippen molar-refractivity contribution in [2.45, 2.75) is 20.0 Å². The van der Waals surface area contributed by atoms with Crippen molar-refractivity contribution in [1.29, 1.82) is 0 Å². The number of esters is 1. The van der Waals surface area contributed by atoms with Gasteiger partial charge < -0.3 is 14.6 Å². The fourth-order valence-corrected chi connectivity index (χ4v) is 2.68. The van der Waals surface area contributed by atoms with Gasteiger partial charge in [-0.05, 0) is 35.8 Å². The topological polar surface area (TPSA) is 55.8 Å². The molecule has 2 aromatic rings. The van der Waals surface area contributed by atoms with Gasteiger partial charge >= 0.3 is 5.97 Å². The van der Waals surface area contributed by atoms with Gasteiger partial charge in [0.25, 0.3) is 0 Å². The summed E-state index contributed by atoms with van der Waals surface area (Å²) in [4.78, 5) is 12.0. The van der Waals surface area contributed by atoms with E-state index in [0.29, 0.717) is 6.61 Å². The number of carbonyl (C=O) groups excluding carboxylic acids is 1. The summed E-state index contributed by atoms with van der Waals surface area (Å²) >= 11 is 0. The Morgan fingerprint density at radius 2 is 1.76 bits per heavy atom. The molecule has 0 heterocycles. The zero-order valence-electron chi connectivity index (χ0n) is 14.8. The molecule has 0 aliphatic heterocycles. The van der Waals surface area contributed by atoms with Crippen LogP contribution in [0.25, 0.3) is 5.57 Å². The molecular formula is C21H24O4. The van der Waals surface area contributed by atoms with Gasteiger partial charge in [0.1, 0.15) is 5.75 Å². The zero-order chi connectivity index (χ0) is 18.2. The molecule has 0 radical (unpaired) electrons. The molecule has 0 saturated carbocycles. The lowest BCUT2D eigenvalue weighted by molar-refractivity contribution is -0.137. The molecule has 132 valence electrons. The SMILES string of the molecule is CCOC(=O)/C=C(\c1ccc(OC)cc1)[C@H](C)[C@@H](O)c1ccccc1. The Balaban J connectivity index is 2.37. The van der Waals surface area contributed by atoms with Crippen LogP contribution in [0.3, 0.4) is 0 Å². The van der Waals surface area contributed by atoms with E-state index in [0.717, 1.165) is 22.4 Å². The maximum atomic E-state index is 12.0. The van der Waals surface area contributed by atoms with Gasteiger partial charge in [-0.2, -0.15) is 0 Å². The van der Waals surface area contributed by atoms with Crippen LogP contribution in [0.1, 0.15) is 31.1 Å². The van der Waals surface area contributed by atoms with Gasteiger partial charge in [0.2, 0.25) is 0 Å². The lowest BCUT2D eigenvalue weighted by Gasteiger charge is -2.23. The highest BCUT2D eigenvalue weighted by atomic mass is 16.5. The maximum absolute atomic E-state index is 12.0. The molecule has 0 saturated heterocycles. The van der Waals surface area contributed by atoms with Gasteiger partial charge in [-0.1, -0.05) is 49.4 Å². The summed E-state index contributed by atoms with van der Waals surface area (Å²) < 4.78 is 10.2. The smallest absolute Gasteiger partial charge is 0.331 e. The molecule has 0 aromatic heterocycles. The van der Waals surface area contributed by atoms with E-state index in [1.165, 1.54) is 6.08 Å². The minimum Gasteiger partial charge on any atom is -0.497 e. The summed E-state index contributed by atoms with van der Waals surface area (Å²) in [6.45, 7) is 3.97. The van der Waals surface area contributed by atoms with Gasteiger partial charge in [0, 0.05) is 12.0 Å². The van der Waals surface area contributed by atoms with E-state index in [-0.39, 0.29) is 5.92 Å². The van der Waals surface area contributed by atoms with E-state index in [2.05, 4.69) is 0 Å². The van der Waals surface area contributed by atoms with Crippen molar-refractivity contribution in [2.24, 2.45) is 5.92 Å². The van der Waals surface area contributed by atoms with Crippen molar-refractivity contribution in [1.82, 2.24) is 0 Å². The van der Waals surface area contributed by atoms with Crippen LogP contribution in [0.2, 0.25) is 0 Å². The molecule has 2 rings (SSSR count). The Hall–Kier alpha value is -2.59. The molecule has 0 aliphatic rings. The van der Waals surface area contributed by atoms with E-state index < -0.39 is 12.1 Å². The molecule has 0 bridgehead atoms. The first-order valence-corrected chi connectivity index (χ1v) is 8.32. The quantitative estimate of drug-likeness (QED) is 0.611. The van der Waals surface area contributed by atoms with Crippen molar-refractivity contribution in [3.63, 3.8) is 0 Å². The highest BCUT2D eigenvalue weighted by Gasteiger charge is 2.22. The summed E-state index contributed by atoms with van der Waals surface area (Å²) in [5, 5.41) is 10.7. The van der Waals surface area contributed by atoms with E-state index in [1.54, 1.807) is 14.0 Å². The molecule has 4 nitrogen and oxygen atoms in total. The predicted molar refractivity (Wildman–Crippen MR) is 98.2 cm³/mol. The van der Waals surface area contributed by atoms with Gasteiger partial charge in [0.05, 0.1) is 19.8 Å². The maximum Gasteiger partial charge on any atom is 0.331 e. The molecule has 25 heavy (non-hydrogen) atoms. The van der Waals surface area contributed by atoms with Crippen LogP contribution in [0, 0.1) is 5.92 Å². The average Bonchev–Trinajstić information content (AvgIpc) is 2.66. The number of rotatable bonds is 7. The summed E-state index contributed by atoms with van der Waals surface area (Å²) in [5.74, 6) is 0.0242. The van der Waals surface area contributed by atoms with Crippen LogP contribution >= 0.6 is 0 Å². The van der Waals surface area contributed by atoms with Crippen LogP contribution in [0.4, 0.5) is 0 Å². The molecule has 2 atom stereocenters. The third kappa shape index (κ3) is 4.94. The number of methoxy groups -OCH3 is 1. The monoisotopic (exact) mass is 340 g/mol. The minimum atomic E-state index is -0.732. The molecule has 4 heteroatoms. The largest absolute Gasteiger partial charge is 0.497 e. The number of hydrogen-bond acceptors (Lipinski definition) is 4.